The van der Waals surface area contributed by atoms with Gasteiger partial charge < -0.3 is 4.90 Å². The summed E-state index contributed by atoms with van der Waals surface area (Å²) in [6, 6.07) is 11.4. The van der Waals surface area contributed by atoms with E-state index in [0.717, 1.165) is 17.7 Å². The molecular formula is C20H17FN2O3. The summed E-state index contributed by atoms with van der Waals surface area (Å²) in [4.78, 5) is 41.7. The molecule has 0 saturated carbocycles. The number of rotatable bonds is 1. The minimum absolute atomic E-state index is 0.188. The van der Waals surface area contributed by atoms with Crippen LogP contribution in [0.2, 0.25) is 0 Å². The van der Waals surface area contributed by atoms with E-state index in [-0.39, 0.29) is 22.7 Å². The van der Waals surface area contributed by atoms with Crippen LogP contribution in [0.5, 0.6) is 0 Å². The fraction of sp³-hybridized carbons (Fsp3) is 0.250. The van der Waals surface area contributed by atoms with E-state index in [2.05, 4.69) is 0 Å². The number of para-hydroxylation sites is 1. The van der Waals surface area contributed by atoms with Crippen LogP contribution >= 0.6 is 0 Å². The molecule has 2 aliphatic heterocycles. The van der Waals surface area contributed by atoms with Crippen molar-refractivity contribution < 1.29 is 18.8 Å². The molecule has 5 nitrogen and oxygen atoms in total. The highest BCUT2D eigenvalue weighted by molar-refractivity contribution is 6.26. The molecule has 26 heavy (non-hydrogen) atoms. The summed E-state index contributed by atoms with van der Waals surface area (Å²) in [6.45, 7) is 0.477. The average Bonchev–Trinajstić information content (AvgIpc) is 2.76. The summed E-state index contributed by atoms with van der Waals surface area (Å²) in [5.41, 5.74) is 0.312. The van der Waals surface area contributed by atoms with Gasteiger partial charge in [-0.2, -0.15) is 0 Å². The number of hydrogen-bond acceptors (Lipinski definition) is 3. The number of carbonyl (C=O) groups excluding carboxylic acids is 3. The third-order valence-electron chi connectivity index (χ3n) is 4.95. The van der Waals surface area contributed by atoms with Crippen LogP contribution in [0.15, 0.2) is 48.5 Å². The zero-order valence-corrected chi connectivity index (χ0v) is 14.0. The number of nitrogens with zero attached hydrogens (tertiary/aromatic N) is 2. The molecule has 0 N–H and O–H groups in total. The van der Waals surface area contributed by atoms with Crippen LogP contribution in [0.3, 0.4) is 0 Å². The Morgan fingerprint density at radius 1 is 1.00 bits per heavy atom. The Bertz CT molecular complexity index is 911. The second-order valence-electron chi connectivity index (χ2n) is 6.49. The standard InChI is InChI=1S/C20H17FN2O3/c21-15-9-3-1-7-13(15)19(25)23-16-10-4-2-8-14(16)18(24)22-12-6-5-11-17(22)20(23)26/h1-4,7-10,17H,5-6,11-12H2/t17-/m0/s1. The maximum atomic E-state index is 14.2. The van der Waals surface area contributed by atoms with E-state index >= 15 is 0 Å². The number of carbonyl (C=O) groups is 3. The van der Waals surface area contributed by atoms with E-state index in [0.29, 0.717) is 13.0 Å². The molecule has 0 aromatic heterocycles. The molecule has 3 amide bonds. The molecule has 6 heteroatoms. The van der Waals surface area contributed by atoms with Crippen molar-refractivity contribution in [3.63, 3.8) is 0 Å². The molecule has 1 atom stereocenters. The van der Waals surface area contributed by atoms with Gasteiger partial charge in [-0.1, -0.05) is 24.3 Å². The number of anilines is 1. The van der Waals surface area contributed by atoms with Crippen molar-refractivity contribution in [3.05, 3.63) is 65.5 Å². The second kappa shape index (κ2) is 6.37. The van der Waals surface area contributed by atoms with E-state index in [1.54, 1.807) is 35.2 Å². The van der Waals surface area contributed by atoms with Gasteiger partial charge in [-0.25, -0.2) is 9.29 Å². The highest BCUT2D eigenvalue weighted by atomic mass is 19.1. The smallest absolute Gasteiger partial charge is 0.268 e. The molecule has 0 unspecified atom stereocenters. The predicted molar refractivity (Wildman–Crippen MR) is 93.3 cm³/mol. The molecule has 2 heterocycles. The van der Waals surface area contributed by atoms with Gasteiger partial charge in [0.2, 0.25) is 0 Å². The maximum absolute atomic E-state index is 14.2. The van der Waals surface area contributed by atoms with Crippen LogP contribution in [0.25, 0.3) is 0 Å². The molecule has 0 aliphatic carbocycles. The Hall–Kier alpha value is -3.02. The minimum atomic E-state index is -0.749. The minimum Gasteiger partial charge on any atom is -0.327 e. The first-order valence-corrected chi connectivity index (χ1v) is 8.62. The first kappa shape index (κ1) is 16.4. The maximum Gasteiger partial charge on any atom is 0.268 e. The Morgan fingerprint density at radius 2 is 1.73 bits per heavy atom. The lowest BCUT2D eigenvalue weighted by Gasteiger charge is -2.34. The van der Waals surface area contributed by atoms with E-state index in [4.69, 9.17) is 0 Å². The van der Waals surface area contributed by atoms with E-state index in [9.17, 15) is 18.8 Å². The van der Waals surface area contributed by atoms with E-state index < -0.39 is 23.7 Å². The van der Waals surface area contributed by atoms with Crippen molar-refractivity contribution in [2.45, 2.75) is 25.3 Å². The molecule has 2 aliphatic rings. The van der Waals surface area contributed by atoms with Gasteiger partial charge in [0.1, 0.15) is 11.9 Å². The number of fused-ring (bicyclic) bond motifs is 2. The topological polar surface area (TPSA) is 57.7 Å². The molecule has 2 aromatic rings. The van der Waals surface area contributed by atoms with Gasteiger partial charge in [0.25, 0.3) is 17.7 Å². The number of halogens is 1. The third kappa shape index (κ3) is 2.49. The largest absolute Gasteiger partial charge is 0.327 e. The molecule has 1 saturated heterocycles. The zero-order chi connectivity index (χ0) is 18.3. The number of amides is 3. The second-order valence-corrected chi connectivity index (χ2v) is 6.49. The van der Waals surface area contributed by atoms with Crippen LogP contribution in [0.1, 0.15) is 40.0 Å². The lowest BCUT2D eigenvalue weighted by Crippen LogP contribution is -2.52. The van der Waals surface area contributed by atoms with Crippen molar-refractivity contribution >= 4 is 23.4 Å². The molecule has 132 valence electrons. The lowest BCUT2D eigenvalue weighted by molar-refractivity contribution is -0.123. The average molecular weight is 352 g/mol. The third-order valence-corrected chi connectivity index (χ3v) is 4.95. The summed E-state index contributed by atoms with van der Waals surface area (Å²) in [5, 5.41) is 0. The van der Waals surface area contributed by atoms with Gasteiger partial charge in [-0.15, -0.1) is 0 Å². The highest BCUT2D eigenvalue weighted by Crippen LogP contribution is 2.33. The Kier molecular flexibility index (Phi) is 4.03. The van der Waals surface area contributed by atoms with Crippen LogP contribution in [0, 0.1) is 5.82 Å². The van der Waals surface area contributed by atoms with Crippen molar-refractivity contribution in [1.29, 1.82) is 0 Å². The number of hydrogen-bond donors (Lipinski definition) is 0. The highest BCUT2D eigenvalue weighted by Gasteiger charge is 2.43. The zero-order valence-electron chi connectivity index (χ0n) is 14.0. The van der Waals surface area contributed by atoms with Gasteiger partial charge in [-0.3, -0.25) is 14.4 Å². The molecular weight excluding hydrogens is 335 g/mol. The molecule has 1 fully saturated rings. The molecule has 4 rings (SSSR count). The number of piperidine rings is 1. The summed E-state index contributed by atoms with van der Waals surface area (Å²) in [7, 11) is 0. The van der Waals surface area contributed by atoms with Crippen LogP contribution in [-0.4, -0.2) is 35.2 Å². The van der Waals surface area contributed by atoms with Crippen LogP contribution < -0.4 is 4.90 Å². The van der Waals surface area contributed by atoms with Gasteiger partial charge in [0.05, 0.1) is 16.8 Å². The molecule has 0 radical (unpaired) electrons. The van der Waals surface area contributed by atoms with E-state index in [1.807, 2.05) is 0 Å². The van der Waals surface area contributed by atoms with Crippen LogP contribution in [-0.2, 0) is 4.79 Å². The van der Waals surface area contributed by atoms with Crippen molar-refractivity contribution in [1.82, 2.24) is 4.90 Å². The molecule has 2 aromatic carbocycles. The Labute approximate surface area is 150 Å². The lowest BCUT2D eigenvalue weighted by atomic mass is 10.0. The van der Waals surface area contributed by atoms with Gasteiger partial charge >= 0.3 is 0 Å². The van der Waals surface area contributed by atoms with Gasteiger partial charge in [-0.05, 0) is 43.5 Å². The Morgan fingerprint density at radius 3 is 2.54 bits per heavy atom. The van der Waals surface area contributed by atoms with E-state index in [1.165, 1.54) is 18.2 Å². The van der Waals surface area contributed by atoms with Crippen molar-refractivity contribution in [2.24, 2.45) is 0 Å². The number of imide groups is 1. The fourth-order valence-corrected chi connectivity index (χ4v) is 3.67. The van der Waals surface area contributed by atoms with Gasteiger partial charge in [0.15, 0.2) is 0 Å². The first-order valence-electron chi connectivity index (χ1n) is 8.62. The summed E-state index contributed by atoms with van der Waals surface area (Å²) < 4.78 is 14.2. The van der Waals surface area contributed by atoms with Crippen LogP contribution in [0.4, 0.5) is 10.1 Å². The monoisotopic (exact) mass is 352 g/mol. The normalized spacial score (nSPS) is 19.7. The molecule has 0 bridgehead atoms. The summed E-state index contributed by atoms with van der Waals surface area (Å²) in [6.07, 6.45) is 2.12. The predicted octanol–water partition coefficient (Wildman–Crippen LogP) is 3.01. The number of benzene rings is 2. The fourth-order valence-electron chi connectivity index (χ4n) is 3.67. The van der Waals surface area contributed by atoms with Crippen molar-refractivity contribution in [2.75, 3.05) is 11.4 Å². The van der Waals surface area contributed by atoms with Crippen molar-refractivity contribution in [3.8, 4) is 0 Å². The molecule has 0 spiro atoms. The first-order chi connectivity index (χ1) is 12.6. The Balaban J connectivity index is 1.88. The summed E-state index contributed by atoms with van der Waals surface area (Å²) >= 11 is 0. The quantitative estimate of drug-likeness (QED) is 0.742. The van der Waals surface area contributed by atoms with Gasteiger partial charge in [0, 0.05) is 6.54 Å². The SMILES string of the molecule is O=C(c1ccccc1F)N1C(=O)[C@@H]2CCCCN2C(=O)c2ccccc21. The summed E-state index contributed by atoms with van der Waals surface area (Å²) in [5.74, 6) is -2.18.